The zero-order valence-corrected chi connectivity index (χ0v) is 18.1. The van der Waals surface area contributed by atoms with E-state index in [9.17, 15) is 0 Å². The Morgan fingerprint density at radius 2 is 1.88 bits per heavy atom. The van der Waals surface area contributed by atoms with Crippen LogP contribution in [0.2, 0.25) is 0 Å². The molecule has 3 aliphatic rings. The number of anilines is 3. The smallest absolute Gasteiger partial charge is 0.153 e. The van der Waals surface area contributed by atoms with E-state index in [1.165, 1.54) is 15.8 Å². The Bertz CT molecular complexity index is 1250. The van der Waals surface area contributed by atoms with E-state index in [2.05, 4.69) is 31.7 Å². The van der Waals surface area contributed by atoms with Crippen molar-refractivity contribution in [1.29, 1.82) is 10.8 Å². The molecule has 0 atom stereocenters. The summed E-state index contributed by atoms with van der Waals surface area (Å²) in [6.45, 7) is 3.53. The predicted molar refractivity (Wildman–Crippen MR) is 122 cm³/mol. The van der Waals surface area contributed by atoms with Crippen LogP contribution in [0.5, 0.6) is 0 Å². The van der Waals surface area contributed by atoms with Gasteiger partial charge in [-0.05, 0) is 43.7 Å². The minimum atomic E-state index is 0.363. The van der Waals surface area contributed by atoms with Crippen molar-refractivity contribution in [3.63, 3.8) is 0 Å². The predicted octanol–water partition coefficient (Wildman–Crippen LogP) is 2.39. The van der Waals surface area contributed by atoms with Crippen LogP contribution in [0.3, 0.4) is 0 Å². The molecule has 0 spiro atoms. The first-order valence-corrected chi connectivity index (χ1v) is 11.4. The van der Waals surface area contributed by atoms with Gasteiger partial charge in [0.15, 0.2) is 11.3 Å². The van der Waals surface area contributed by atoms with Gasteiger partial charge in [-0.1, -0.05) is 0 Å². The molecule has 5 heterocycles. The highest BCUT2D eigenvalue weighted by Gasteiger charge is 2.27. The average Bonchev–Trinajstić information content (AvgIpc) is 3.33. The van der Waals surface area contributed by atoms with Crippen LogP contribution < -0.4 is 15.3 Å². The Morgan fingerprint density at radius 3 is 2.75 bits per heavy atom. The number of fused-ring (bicyclic) bond motifs is 3. The van der Waals surface area contributed by atoms with Crippen molar-refractivity contribution >= 4 is 23.7 Å². The lowest BCUT2D eigenvalue weighted by Gasteiger charge is -2.34. The molecule has 2 N–H and O–H groups in total. The summed E-state index contributed by atoms with van der Waals surface area (Å²) >= 11 is 0. The molecule has 0 bridgehead atoms. The van der Waals surface area contributed by atoms with Gasteiger partial charge in [0.25, 0.3) is 0 Å². The molecule has 32 heavy (non-hydrogen) atoms. The highest BCUT2D eigenvalue weighted by atomic mass is 15.4. The van der Waals surface area contributed by atoms with Crippen LogP contribution in [0.4, 0.5) is 17.3 Å². The highest BCUT2D eigenvalue weighted by molar-refractivity contribution is 5.62. The average molecular weight is 430 g/mol. The molecule has 0 radical (unpaired) electrons. The van der Waals surface area contributed by atoms with Gasteiger partial charge < -0.3 is 9.80 Å². The van der Waals surface area contributed by atoms with Crippen molar-refractivity contribution < 1.29 is 0 Å². The van der Waals surface area contributed by atoms with E-state index in [4.69, 9.17) is 20.9 Å². The molecule has 1 aliphatic carbocycles. The molecule has 0 amide bonds. The van der Waals surface area contributed by atoms with Gasteiger partial charge in [-0.2, -0.15) is 5.10 Å². The van der Waals surface area contributed by atoms with Crippen LogP contribution >= 0.6 is 0 Å². The minimum absolute atomic E-state index is 0.363. The number of nitrogens with zero attached hydrogens (tertiary/aromatic N) is 7. The zero-order chi connectivity index (χ0) is 21.7. The number of aromatic nitrogens is 5. The standard InChI is InChI=1S/C23H27N9/c24-15-32-22(25)18-4-1-2-5-19(18)23(28-32)29-11-7-20-16(14-29)12-17(13-26-20)30-9-3-10-31-21(30)6-8-27-31/h6,8,12-13,15,24-25H,1-5,7,9-11,14H2. The first kappa shape index (κ1) is 19.2. The Hall–Kier alpha value is -3.49. The van der Waals surface area contributed by atoms with E-state index in [0.29, 0.717) is 5.49 Å². The monoisotopic (exact) mass is 429 g/mol. The maximum absolute atomic E-state index is 8.45. The first-order chi connectivity index (χ1) is 15.7. The molecule has 9 heteroatoms. The second-order valence-corrected chi connectivity index (χ2v) is 8.80. The third kappa shape index (κ3) is 3.03. The minimum Gasteiger partial charge on any atom is -0.350 e. The van der Waals surface area contributed by atoms with Crippen LogP contribution in [0, 0.1) is 10.8 Å². The molecule has 0 aromatic carbocycles. The topological polar surface area (TPSA) is 103 Å². The quantitative estimate of drug-likeness (QED) is 0.492. The van der Waals surface area contributed by atoms with E-state index in [0.717, 1.165) is 99.6 Å². The SMILES string of the molecule is N=Cn1nc(N2CCc3ncc(N4CCCn5nccc54)cc3C2)c2c(c1=N)CCCC2. The molecule has 3 aromatic rings. The fourth-order valence-electron chi connectivity index (χ4n) is 5.34. The summed E-state index contributed by atoms with van der Waals surface area (Å²) in [5.74, 6) is 2.06. The van der Waals surface area contributed by atoms with Gasteiger partial charge in [-0.3, -0.25) is 15.8 Å². The molecule has 2 aliphatic heterocycles. The Kier molecular flexibility index (Phi) is 4.55. The lowest BCUT2D eigenvalue weighted by Crippen LogP contribution is -2.37. The lowest BCUT2D eigenvalue weighted by atomic mass is 9.92. The molecule has 3 aromatic heterocycles. The molecule has 6 rings (SSSR count). The van der Waals surface area contributed by atoms with Gasteiger partial charge in [-0.25, -0.2) is 9.36 Å². The molecular weight excluding hydrogens is 402 g/mol. The first-order valence-electron chi connectivity index (χ1n) is 11.4. The van der Waals surface area contributed by atoms with Crippen molar-refractivity contribution in [2.75, 3.05) is 22.9 Å². The Balaban J connectivity index is 1.36. The fourth-order valence-corrected chi connectivity index (χ4v) is 5.34. The van der Waals surface area contributed by atoms with Gasteiger partial charge in [0.1, 0.15) is 12.2 Å². The number of aryl methyl sites for hydroxylation is 1. The molecule has 0 saturated heterocycles. The van der Waals surface area contributed by atoms with Gasteiger partial charge in [0, 0.05) is 55.5 Å². The van der Waals surface area contributed by atoms with Crippen molar-refractivity contribution in [3.8, 4) is 0 Å². The zero-order valence-electron chi connectivity index (χ0n) is 18.1. The lowest BCUT2D eigenvalue weighted by molar-refractivity contribution is 0.541. The van der Waals surface area contributed by atoms with Gasteiger partial charge in [0.05, 0.1) is 18.1 Å². The second-order valence-electron chi connectivity index (χ2n) is 8.80. The number of hydrogen-bond acceptors (Lipinski definition) is 7. The van der Waals surface area contributed by atoms with Crippen molar-refractivity contribution in [3.05, 3.63) is 52.4 Å². The molecular formula is C23H27N9. The van der Waals surface area contributed by atoms with E-state index in [1.54, 1.807) is 0 Å². The maximum atomic E-state index is 8.45. The van der Waals surface area contributed by atoms with Gasteiger partial charge >= 0.3 is 0 Å². The summed E-state index contributed by atoms with van der Waals surface area (Å²) in [6.07, 6.45) is 11.0. The van der Waals surface area contributed by atoms with Crippen LogP contribution in [-0.2, 0) is 32.4 Å². The van der Waals surface area contributed by atoms with Crippen LogP contribution in [-0.4, -0.2) is 44.0 Å². The molecule has 0 unspecified atom stereocenters. The van der Waals surface area contributed by atoms with Crippen LogP contribution in [0.25, 0.3) is 0 Å². The molecule has 0 fully saturated rings. The third-order valence-electron chi connectivity index (χ3n) is 6.94. The molecule has 164 valence electrons. The normalized spacial score (nSPS) is 17.5. The summed E-state index contributed by atoms with van der Waals surface area (Å²) in [5, 5.41) is 25.3. The van der Waals surface area contributed by atoms with Crippen molar-refractivity contribution in [1.82, 2.24) is 24.5 Å². The van der Waals surface area contributed by atoms with Crippen molar-refractivity contribution in [2.45, 2.75) is 51.6 Å². The van der Waals surface area contributed by atoms with Gasteiger partial charge in [0.2, 0.25) is 0 Å². The second kappa shape index (κ2) is 7.58. The van der Waals surface area contributed by atoms with Crippen LogP contribution in [0.1, 0.15) is 41.6 Å². The number of pyridine rings is 1. The molecule has 9 nitrogen and oxygen atoms in total. The highest BCUT2D eigenvalue weighted by Crippen LogP contribution is 2.33. The summed E-state index contributed by atoms with van der Waals surface area (Å²) in [6, 6.07) is 4.34. The number of rotatable bonds is 3. The maximum Gasteiger partial charge on any atom is 0.153 e. The van der Waals surface area contributed by atoms with E-state index in [-0.39, 0.29) is 0 Å². The number of hydrogen-bond donors (Lipinski definition) is 2. The van der Waals surface area contributed by atoms with E-state index >= 15 is 0 Å². The van der Waals surface area contributed by atoms with Gasteiger partial charge in [-0.15, -0.1) is 5.10 Å². The van der Waals surface area contributed by atoms with E-state index in [1.807, 2.05) is 12.4 Å². The molecule has 0 saturated carbocycles. The largest absolute Gasteiger partial charge is 0.350 e. The number of nitrogens with one attached hydrogen (secondary N) is 2. The summed E-state index contributed by atoms with van der Waals surface area (Å²) in [5.41, 5.74) is 6.12. The fraction of sp³-hybridized carbons (Fsp3) is 0.435. The third-order valence-corrected chi connectivity index (χ3v) is 6.94. The van der Waals surface area contributed by atoms with Crippen LogP contribution in [0.15, 0.2) is 24.5 Å². The summed E-state index contributed by atoms with van der Waals surface area (Å²) in [4.78, 5) is 9.45. The Morgan fingerprint density at radius 1 is 1.00 bits per heavy atom. The summed E-state index contributed by atoms with van der Waals surface area (Å²) in [7, 11) is 0. The summed E-state index contributed by atoms with van der Waals surface area (Å²) < 4.78 is 3.47. The van der Waals surface area contributed by atoms with E-state index < -0.39 is 0 Å². The Labute approximate surface area is 186 Å². The van der Waals surface area contributed by atoms with Crippen molar-refractivity contribution in [2.24, 2.45) is 0 Å².